The molecule has 28 heavy (non-hydrogen) atoms. The highest BCUT2D eigenvalue weighted by atomic mass is 32.1. The van der Waals surface area contributed by atoms with Crippen LogP contribution in [0.2, 0.25) is 0 Å². The standard InChI is InChI=1S/C21H16N6S/c22-10-16-14-7-9-27(12-18(14)28-19(16)23)21-15-5-1-2-6-17(15)25-20(26-21)13-4-3-8-24-11-13/h1-6,8,11H,7,9,12,23H2. The molecule has 1 aromatic carbocycles. The van der Waals surface area contributed by atoms with E-state index >= 15 is 0 Å². The summed E-state index contributed by atoms with van der Waals surface area (Å²) in [5.41, 5.74) is 9.57. The van der Waals surface area contributed by atoms with Gasteiger partial charge in [0.05, 0.1) is 17.6 Å². The zero-order chi connectivity index (χ0) is 19.1. The van der Waals surface area contributed by atoms with Crippen molar-refractivity contribution in [1.82, 2.24) is 15.0 Å². The van der Waals surface area contributed by atoms with E-state index in [4.69, 9.17) is 15.7 Å². The van der Waals surface area contributed by atoms with Crippen molar-refractivity contribution in [2.24, 2.45) is 0 Å². The van der Waals surface area contributed by atoms with E-state index < -0.39 is 0 Å². The van der Waals surface area contributed by atoms with Crippen LogP contribution < -0.4 is 10.6 Å². The molecule has 3 aromatic heterocycles. The molecule has 6 nitrogen and oxygen atoms in total. The fourth-order valence-electron chi connectivity index (χ4n) is 3.65. The first kappa shape index (κ1) is 16.7. The third kappa shape index (κ3) is 2.66. The Bertz CT molecular complexity index is 1230. The topological polar surface area (TPSA) is 91.7 Å². The first-order valence-corrected chi connectivity index (χ1v) is 9.78. The molecule has 0 radical (unpaired) electrons. The average molecular weight is 384 g/mol. The first-order valence-electron chi connectivity index (χ1n) is 8.97. The summed E-state index contributed by atoms with van der Waals surface area (Å²) in [5.74, 6) is 1.57. The monoisotopic (exact) mass is 384 g/mol. The van der Waals surface area contributed by atoms with Gasteiger partial charge in [-0.05, 0) is 36.2 Å². The number of anilines is 2. The van der Waals surface area contributed by atoms with Gasteiger partial charge in [0, 0.05) is 34.8 Å². The number of nitriles is 1. The van der Waals surface area contributed by atoms with Crippen molar-refractivity contribution < 1.29 is 0 Å². The predicted molar refractivity (Wildman–Crippen MR) is 111 cm³/mol. The molecule has 0 saturated carbocycles. The van der Waals surface area contributed by atoms with Crippen LogP contribution in [0.15, 0.2) is 48.8 Å². The Morgan fingerprint density at radius 1 is 1.14 bits per heavy atom. The SMILES string of the molecule is N#Cc1c(N)sc2c1CCN(c1nc(-c3cccnc3)nc3ccccc13)C2. The number of nitrogens with zero attached hydrogens (tertiary/aromatic N) is 5. The molecule has 0 fully saturated rings. The summed E-state index contributed by atoms with van der Waals surface area (Å²) in [6.07, 6.45) is 4.30. The fraction of sp³-hybridized carbons (Fsp3) is 0.143. The number of nitrogen functional groups attached to an aromatic ring is 1. The van der Waals surface area contributed by atoms with Crippen molar-refractivity contribution in [3.8, 4) is 17.5 Å². The van der Waals surface area contributed by atoms with Gasteiger partial charge in [0.2, 0.25) is 0 Å². The van der Waals surface area contributed by atoms with Crippen molar-refractivity contribution in [2.75, 3.05) is 17.2 Å². The third-order valence-corrected chi connectivity index (χ3v) is 6.04. The lowest BCUT2D eigenvalue weighted by atomic mass is 10.0. The second-order valence-electron chi connectivity index (χ2n) is 6.66. The van der Waals surface area contributed by atoms with Gasteiger partial charge in [-0.1, -0.05) is 12.1 Å². The lowest BCUT2D eigenvalue weighted by Crippen LogP contribution is -2.30. The van der Waals surface area contributed by atoms with E-state index in [1.54, 1.807) is 12.4 Å². The minimum atomic E-state index is 0.609. The maximum Gasteiger partial charge on any atom is 0.163 e. The van der Waals surface area contributed by atoms with Gasteiger partial charge in [-0.2, -0.15) is 5.26 Å². The van der Waals surface area contributed by atoms with Crippen LogP contribution in [0.3, 0.4) is 0 Å². The van der Waals surface area contributed by atoms with Crippen LogP contribution in [0, 0.1) is 11.3 Å². The summed E-state index contributed by atoms with van der Waals surface area (Å²) < 4.78 is 0. The largest absolute Gasteiger partial charge is 0.389 e. The van der Waals surface area contributed by atoms with Crippen LogP contribution in [0.5, 0.6) is 0 Å². The van der Waals surface area contributed by atoms with E-state index in [0.717, 1.165) is 45.7 Å². The lowest BCUT2D eigenvalue weighted by Gasteiger charge is -2.29. The van der Waals surface area contributed by atoms with Gasteiger partial charge in [-0.15, -0.1) is 11.3 Å². The Hall–Kier alpha value is -3.50. The quantitative estimate of drug-likeness (QED) is 0.566. The zero-order valence-corrected chi connectivity index (χ0v) is 15.8. The molecule has 136 valence electrons. The van der Waals surface area contributed by atoms with E-state index in [1.165, 1.54) is 11.3 Å². The van der Waals surface area contributed by atoms with E-state index in [9.17, 15) is 5.26 Å². The number of rotatable bonds is 2. The molecule has 4 heterocycles. The van der Waals surface area contributed by atoms with Gasteiger partial charge in [0.15, 0.2) is 5.82 Å². The number of aromatic nitrogens is 3. The highest BCUT2D eigenvalue weighted by Crippen LogP contribution is 2.37. The normalized spacial score (nSPS) is 13.3. The van der Waals surface area contributed by atoms with E-state index in [1.807, 2.05) is 30.3 Å². The third-order valence-electron chi connectivity index (χ3n) is 5.00. The van der Waals surface area contributed by atoms with Crippen molar-refractivity contribution in [2.45, 2.75) is 13.0 Å². The molecule has 0 amide bonds. The number of benzene rings is 1. The first-order chi connectivity index (χ1) is 13.7. The molecule has 0 aliphatic carbocycles. The summed E-state index contributed by atoms with van der Waals surface area (Å²) in [6.45, 7) is 1.48. The smallest absolute Gasteiger partial charge is 0.163 e. The minimum Gasteiger partial charge on any atom is -0.389 e. The number of pyridine rings is 1. The predicted octanol–water partition coefficient (Wildman–Crippen LogP) is 3.77. The molecule has 0 atom stereocenters. The summed E-state index contributed by atoms with van der Waals surface area (Å²) in [6, 6.07) is 14.2. The van der Waals surface area contributed by atoms with Crippen LogP contribution in [0.25, 0.3) is 22.3 Å². The van der Waals surface area contributed by atoms with E-state index in [0.29, 0.717) is 22.9 Å². The van der Waals surface area contributed by atoms with Crippen LogP contribution in [0.1, 0.15) is 16.0 Å². The maximum absolute atomic E-state index is 9.39. The second kappa shape index (κ2) is 6.59. The molecular formula is C21H16N6S. The van der Waals surface area contributed by atoms with Crippen LogP contribution >= 0.6 is 11.3 Å². The van der Waals surface area contributed by atoms with Crippen molar-refractivity contribution >= 4 is 33.1 Å². The molecule has 4 aromatic rings. The second-order valence-corrected chi connectivity index (χ2v) is 7.79. The Labute approximate surface area is 165 Å². The van der Waals surface area contributed by atoms with Gasteiger partial charge in [0.25, 0.3) is 0 Å². The van der Waals surface area contributed by atoms with Crippen LogP contribution in [-0.2, 0) is 13.0 Å². The Kier molecular flexibility index (Phi) is 3.92. The van der Waals surface area contributed by atoms with Crippen LogP contribution in [0.4, 0.5) is 10.8 Å². The average Bonchev–Trinajstić information content (AvgIpc) is 3.07. The Balaban J connectivity index is 1.63. The molecule has 2 N–H and O–H groups in total. The summed E-state index contributed by atoms with van der Waals surface area (Å²) in [7, 11) is 0. The Morgan fingerprint density at radius 2 is 2.04 bits per heavy atom. The molecule has 1 aliphatic heterocycles. The molecule has 5 rings (SSSR count). The number of hydrogen-bond acceptors (Lipinski definition) is 7. The molecule has 1 aliphatic rings. The van der Waals surface area contributed by atoms with Crippen molar-refractivity contribution in [1.29, 1.82) is 5.26 Å². The van der Waals surface area contributed by atoms with Gasteiger partial charge < -0.3 is 10.6 Å². The fourth-order valence-corrected chi connectivity index (χ4v) is 4.74. The number of para-hydroxylation sites is 1. The number of thiophene rings is 1. The number of hydrogen-bond donors (Lipinski definition) is 1. The molecule has 0 unspecified atom stereocenters. The highest BCUT2D eigenvalue weighted by molar-refractivity contribution is 7.16. The van der Waals surface area contributed by atoms with E-state index in [2.05, 4.69) is 22.0 Å². The maximum atomic E-state index is 9.39. The number of fused-ring (bicyclic) bond motifs is 2. The highest BCUT2D eigenvalue weighted by Gasteiger charge is 2.26. The zero-order valence-electron chi connectivity index (χ0n) is 15.0. The number of nitrogens with two attached hydrogens (primary N) is 1. The molecule has 0 spiro atoms. The summed E-state index contributed by atoms with van der Waals surface area (Å²) >= 11 is 1.51. The van der Waals surface area contributed by atoms with Gasteiger partial charge in [0.1, 0.15) is 16.9 Å². The van der Waals surface area contributed by atoms with Gasteiger partial charge in [-0.3, -0.25) is 4.98 Å². The summed E-state index contributed by atoms with van der Waals surface area (Å²) in [5, 5.41) is 11.0. The van der Waals surface area contributed by atoms with Gasteiger partial charge >= 0.3 is 0 Å². The minimum absolute atomic E-state index is 0.609. The molecule has 7 heteroatoms. The molecular weight excluding hydrogens is 368 g/mol. The van der Waals surface area contributed by atoms with Crippen LogP contribution in [-0.4, -0.2) is 21.5 Å². The Morgan fingerprint density at radius 3 is 2.86 bits per heavy atom. The molecule has 0 bridgehead atoms. The van der Waals surface area contributed by atoms with Crippen molar-refractivity contribution in [3.63, 3.8) is 0 Å². The van der Waals surface area contributed by atoms with E-state index in [-0.39, 0.29) is 0 Å². The van der Waals surface area contributed by atoms with Gasteiger partial charge in [-0.25, -0.2) is 9.97 Å². The summed E-state index contributed by atoms with van der Waals surface area (Å²) in [4.78, 5) is 17.2. The lowest BCUT2D eigenvalue weighted by molar-refractivity contribution is 0.735. The van der Waals surface area contributed by atoms with Crippen molar-refractivity contribution in [3.05, 3.63) is 64.8 Å². The molecule has 0 saturated heterocycles.